The van der Waals surface area contributed by atoms with Crippen LogP contribution in [0.15, 0.2) is 34.1 Å². The Morgan fingerprint density at radius 2 is 2.37 bits per heavy atom. The molecule has 0 aliphatic heterocycles. The van der Waals surface area contributed by atoms with Crippen LogP contribution in [-0.2, 0) is 11.3 Å². The topological polar surface area (TPSA) is 51.2 Å². The standard InChI is InChI=1S/C13H13BrN2O2S/c1-2-18-12(17)11-8-19-13(16-11)15-7-9-4-3-5-10(14)6-9/h3-6,8H,2,7H2,1H3,(H,15,16). The molecule has 0 saturated carbocycles. The lowest BCUT2D eigenvalue weighted by atomic mass is 10.2. The Bertz CT molecular complexity index is 571. The van der Waals surface area contributed by atoms with Gasteiger partial charge in [-0.25, -0.2) is 9.78 Å². The van der Waals surface area contributed by atoms with Gasteiger partial charge < -0.3 is 10.1 Å². The van der Waals surface area contributed by atoms with Gasteiger partial charge in [0.2, 0.25) is 0 Å². The maximum absolute atomic E-state index is 11.5. The molecule has 100 valence electrons. The minimum absolute atomic E-state index is 0.351. The van der Waals surface area contributed by atoms with E-state index in [-0.39, 0.29) is 5.97 Å². The van der Waals surface area contributed by atoms with Gasteiger partial charge in [0.25, 0.3) is 0 Å². The average Bonchev–Trinajstić information content (AvgIpc) is 2.86. The molecule has 2 aromatic rings. The van der Waals surface area contributed by atoms with Crippen molar-refractivity contribution in [3.8, 4) is 0 Å². The molecule has 0 saturated heterocycles. The lowest BCUT2D eigenvalue weighted by Gasteiger charge is -2.03. The number of aromatic nitrogens is 1. The number of halogens is 1. The molecule has 2 rings (SSSR count). The third kappa shape index (κ3) is 4.04. The quantitative estimate of drug-likeness (QED) is 0.843. The third-order valence-electron chi connectivity index (χ3n) is 2.32. The largest absolute Gasteiger partial charge is 0.461 e. The van der Waals surface area contributed by atoms with E-state index in [9.17, 15) is 4.79 Å². The second-order valence-electron chi connectivity index (χ2n) is 3.74. The van der Waals surface area contributed by atoms with Gasteiger partial charge in [-0.1, -0.05) is 28.1 Å². The molecule has 0 unspecified atom stereocenters. The molecule has 1 N–H and O–H groups in total. The zero-order chi connectivity index (χ0) is 13.7. The van der Waals surface area contributed by atoms with E-state index in [1.54, 1.807) is 12.3 Å². The van der Waals surface area contributed by atoms with Crippen LogP contribution in [0.1, 0.15) is 23.0 Å². The number of esters is 1. The zero-order valence-electron chi connectivity index (χ0n) is 10.4. The lowest BCUT2D eigenvalue weighted by molar-refractivity contribution is 0.0520. The van der Waals surface area contributed by atoms with Crippen molar-refractivity contribution in [2.45, 2.75) is 13.5 Å². The van der Waals surface area contributed by atoms with E-state index in [4.69, 9.17) is 4.74 Å². The summed E-state index contributed by atoms with van der Waals surface area (Å²) < 4.78 is 5.93. The summed E-state index contributed by atoms with van der Waals surface area (Å²) in [5.74, 6) is -0.380. The molecule has 0 fully saturated rings. The first-order chi connectivity index (χ1) is 9.19. The molecule has 0 radical (unpaired) electrons. The first-order valence-electron chi connectivity index (χ1n) is 5.80. The Hall–Kier alpha value is -1.40. The number of carbonyl (C=O) groups is 1. The molecule has 0 aliphatic carbocycles. The first-order valence-corrected chi connectivity index (χ1v) is 7.47. The molecule has 0 bridgehead atoms. The Balaban J connectivity index is 1.95. The lowest BCUT2D eigenvalue weighted by Crippen LogP contribution is -2.05. The highest BCUT2D eigenvalue weighted by Gasteiger charge is 2.11. The van der Waals surface area contributed by atoms with Crippen LogP contribution >= 0.6 is 27.3 Å². The minimum Gasteiger partial charge on any atom is -0.461 e. The van der Waals surface area contributed by atoms with Crippen LogP contribution in [0.4, 0.5) is 5.13 Å². The molecule has 19 heavy (non-hydrogen) atoms. The number of benzene rings is 1. The number of anilines is 1. The number of carbonyl (C=O) groups excluding carboxylic acids is 1. The Kier molecular flexibility index (Phi) is 4.93. The fraction of sp³-hybridized carbons (Fsp3) is 0.231. The van der Waals surface area contributed by atoms with Crippen molar-refractivity contribution in [3.05, 3.63) is 45.4 Å². The number of hydrogen-bond acceptors (Lipinski definition) is 5. The van der Waals surface area contributed by atoms with Gasteiger partial charge in [-0.3, -0.25) is 0 Å². The van der Waals surface area contributed by atoms with Gasteiger partial charge in [0.15, 0.2) is 10.8 Å². The van der Waals surface area contributed by atoms with E-state index in [0.29, 0.717) is 24.0 Å². The number of thiazole rings is 1. The minimum atomic E-state index is -0.380. The van der Waals surface area contributed by atoms with Gasteiger partial charge in [0.1, 0.15) is 0 Å². The van der Waals surface area contributed by atoms with Crippen LogP contribution in [0, 0.1) is 0 Å². The van der Waals surface area contributed by atoms with Crippen LogP contribution in [0.3, 0.4) is 0 Å². The predicted molar refractivity (Wildman–Crippen MR) is 79.5 cm³/mol. The summed E-state index contributed by atoms with van der Waals surface area (Å²) in [7, 11) is 0. The Morgan fingerprint density at radius 3 is 3.11 bits per heavy atom. The molecule has 4 nitrogen and oxygen atoms in total. The second kappa shape index (κ2) is 6.68. The highest BCUT2D eigenvalue weighted by molar-refractivity contribution is 9.10. The third-order valence-corrected chi connectivity index (χ3v) is 3.61. The smallest absolute Gasteiger partial charge is 0.357 e. The maximum Gasteiger partial charge on any atom is 0.357 e. The number of ether oxygens (including phenoxy) is 1. The van der Waals surface area contributed by atoms with Crippen molar-refractivity contribution in [1.82, 2.24) is 4.98 Å². The molecule has 0 spiro atoms. The molecular formula is C13H13BrN2O2S. The van der Waals surface area contributed by atoms with Gasteiger partial charge in [-0.05, 0) is 24.6 Å². The van der Waals surface area contributed by atoms with Crippen LogP contribution in [0.25, 0.3) is 0 Å². The van der Waals surface area contributed by atoms with Crippen molar-refractivity contribution in [1.29, 1.82) is 0 Å². The van der Waals surface area contributed by atoms with Crippen LogP contribution in [-0.4, -0.2) is 17.6 Å². The van der Waals surface area contributed by atoms with Crippen LogP contribution < -0.4 is 5.32 Å². The number of nitrogens with zero attached hydrogens (tertiary/aromatic N) is 1. The highest BCUT2D eigenvalue weighted by atomic mass is 79.9. The number of nitrogens with one attached hydrogen (secondary N) is 1. The second-order valence-corrected chi connectivity index (χ2v) is 5.52. The van der Waals surface area contributed by atoms with Gasteiger partial charge in [-0.15, -0.1) is 11.3 Å². The van der Waals surface area contributed by atoms with E-state index in [2.05, 4.69) is 26.2 Å². The summed E-state index contributed by atoms with van der Waals surface area (Å²) in [5.41, 5.74) is 1.49. The summed E-state index contributed by atoms with van der Waals surface area (Å²) in [6, 6.07) is 8.02. The predicted octanol–water partition coefficient (Wildman–Crippen LogP) is 3.69. The Morgan fingerprint density at radius 1 is 1.53 bits per heavy atom. The molecule has 0 amide bonds. The van der Waals surface area contributed by atoms with Crippen LogP contribution in [0.2, 0.25) is 0 Å². The fourth-order valence-corrected chi connectivity index (χ4v) is 2.60. The fourth-order valence-electron chi connectivity index (χ4n) is 1.48. The van der Waals surface area contributed by atoms with Gasteiger partial charge >= 0.3 is 5.97 Å². The summed E-state index contributed by atoms with van der Waals surface area (Å²) >= 11 is 4.82. The van der Waals surface area contributed by atoms with Gasteiger partial charge in [0.05, 0.1) is 6.61 Å². The molecule has 6 heteroatoms. The van der Waals surface area contributed by atoms with E-state index in [1.165, 1.54) is 11.3 Å². The van der Waals surface area contributed by atoms with Gasteiger partial charge in [-0.2, -0.15) is 0 Å². The molecule has 1 heterocycles. The van der Waals surface area contributed by atoms with Crippen LogP contribution in [0.5, 0.6) is 0 Å². The van der Waals surface area contributed by atoms with Crippen molar-refractivity contribution >= 4 is 38.4 Å². The normalized spacial score (nSPS) is 10.2. The van der Waals surface area contributed by atoms with Crippen molar-refractivity contribution in [2.75, 3.05) is 11.9 Å². The molecule has 1 aromatic carbocycles. The summed E-state index contributed by atoms with van der Waals surface area (Å²) in [6.45, 7) is 2.79. The maximum atomic E-state index is 11.5. The van der Waals surface area contributed by atoms with Crippen molar-refractivity contribution < 1.29 is 9.53 Å². The number of rotatable bonds is 5. The zero-order valence-corrected chi connectivity index (χ0v) is 12.8. The highest BCUT2D eigenvalue weighted by Crippen LogP contribution is 2.18. The van der Waals surface area contributed by atoms with E-state index < -0.39 is 0 Å². The SMILES string of the molecule is CCOC(=O)c1csc(NCc2cccc(Br)c2)n1. The molecule has 0 aliphatic rings. The van der Waals surface area contributed by atoms with E-state index >= 15 is 0 Å². The first kappa shape index (κ1) is 14.0. The summed E-state index contributed by atoms with van der Waals surface area (Å²) in [6.07, 6.45) is 0. The van der Waals surface area contributed by atoms with E-state index in [0.717, 1.165) is 10.0 Å². The summed E-state index contributed by atoms with van der Waals surface area (Å²) in [4.78, 5) is 15.7. The molecule has 0 atom stereocenters. The molecule has 1 aromatic heterocycles. The van der Waals surface area contributed by atoms with Crippen molar-refractivity contribution in [3.63, 3.8) is 0 Å². The average molecular weight is 341 g/mol. The Labute approximate surface area is 124 Å². The number of hydrogen-bond donors (Lipinski definition) is 1. The monoisotopic (exact) mass is 340 g/mol. The van der Waals surface area contributed by atoms with E-state index in [1.807, 2.05) is 24.3 Å². The van der Waals surface area contributed by atoms with Crippen molar-refractivity contribution in [2.24, 2.45) is 0 Å². The van der Waals surface area contributed by atoms with Gasteiger partial charge in [0, 0.05) is 16.4 Å². The molecular weight excluding hydrogens is 328 g/mol. The summed E-state index contributed by atoms with van der Waals surface area (Å²) in [5, 5.41) is 5.59.